The number of aliphatic hydroxyl groups is 1. The number of aliphatic hydroxyl groups excluding tert-OH is 1. The van der Waals surface area contributed by atoms with Gasteiger partial charge in [0.2, 0.25) is 5.91 Å². The van der Waals surface area contributed by atoms with Gasteiger partial charge in [-0.3, -0.25) is 9.59 Å². The van der Waals surface area contributed by atoms with Gasteiger partial charge in [-0.05, 0) is 22.0 Å². The zero-order valence-corrected chi connectivity index (χ0v) is 11.0. The first kappa shape index (κ1) is 15.7. The number of pyridine rings is 1. The highest BCUT2D eigenvalue weighted by Crippen LogP contribution is 2.19. The van der Waals surface area contributed by atoms with Crippen molar-refractivity contribution < 1.29 is 23.1 Å². The molecule has 0 spiro atoms. The molecular formula is C10H10BrF3N2O3. The summed E-state index contributed by atoms with van der Waals surface area (Å²) in [5, 5.41) is 10.6. The van der Waals surface area contributed by atoms with Gasteiger partial charge in [-0.1, -0.05) is 0 Å². The fraction of sp³-hybridized carbons (Fsp3) is 0.400. The second-order valence-electron chi connectivity index (χ2n) is 3.67. The van der Waals surface area contributed by atoms with Gasteiger partial charge in [0.1, 0.15) is 6.54 Å². The van der Waals surface area contributed by atoms with E-state index in [1.165, 1.54) is 18.3 Å². The Morgan fingerprint density at radius 1 is 1.47 bits per heavy atom. The van der Waals surface area contributed by atoms with E-state index in [1.54, 1.807) is 0 Å². The number of amides is 1. The molecule has 2 N–H and O–H groups in total. The lowest BCUT2D eigenvalue weighted by molar-refractivity contribution is -0.201. The van der Waals surface area contributed by atoms with Crippen molar-refractivity contribution >= 4 is 21.8 Å². The van der Waals surface area contributed by atoms with Crippen LogP contribution in [0.25, 0.3) is 0 Å². The monoisotopic (exact) mass is 342 g/mol. The fourth-order valence-electron chi connectivity index (χ4n) is 1.16. The summed E-state index contributed by atoms with van der Waals surface area (Å²) in [6, 6.07) is 2.69. The summed E-state index contributed by atoms with van der Waals surface area (Å²) in [5.74, 6) is -0.802. The Balaban J connectivity index is 2.57. The van der Waals surface area contributed by atoms with E-state index in [2.05, 4.69) is 15.9 Å². The molecule has 1 atom stereocenters. The number of carbonyl (C=O) groups is 1. The molecule has 0 saturated carbocycles. The predicted octanol–water partition coefficient (Wildman–Crippen LogP) is 0.650. The van der Waals surface area contributed by atoms with Gasteiger partial charge in [0.15, 0.2) is 6.10 Å². The second kappa shape index (κ2) is 6.20. The Morgan fingerprint density at radius 3 is 2.68 bits per heavy atom. The maximum Gasteiger partial charge on any atom is 0.416 e. The van der Waals surface area contributed by atoms with Crippen molar-refractivity contribution in [2.45, 2.75) is 18.8 Å². The first-order chi connectivity index (χ1) is 8.70. The lowest BCUT2D eigenvalue weighted by Gasteiger charge is -2.15. The number of alkyl halides is 3. The van der Waals surface area contributed by atoms with Gasteiger partial charge in [-0.25, -0.2) is 0 Å². The number of carbonyl (C=O) groups excluding carboxylic acids is 1. The van der Waals surface area contributed by atoms with Crippen molar-refractivity contribution in [1.29, 1.82) is 0 Å². The Hall–Kier alpha value is -1.35. The van der Waals surface area contributed by atoms with Crippen LogP contribution in [0.3, 0.4) is 0 Å². The zero-order chi connectivity index (χ0) is 14.6. The van der Waals surface area contributed by atoms with Crippen molar-refractivity contribution in [1.82, 2.24) is 9.88 Å². The summed E-state index contributed by atoms with van der Waals surface area (Å²) in [7, 11) is 0. The molecule has 19 heavy (non-hydrogen) atoms. The number of rotatable bonds is 4. The lowest BCUT2D eigenvalue weighted by Crippen LogP contribution is -2.42. The van der Waals surface area contributed by atoms with Crippen LogP contribution in [0.2, 0.25) is 0 Å². The molecule has 106 valence electrons. The molecule has 0 aliphatic rings. The minimum atomic E-state index is -4.79. The van der Waals surface area contributed by atoms with E-state index in [0.717, 1.165) is 4.57 Å². The second-order valence-corrected chi connectivity index (χ2v) is 4.59. The fourth-order valence-corrected chi connectivity index (χ4v) is 1.54. The molecule has 0 saturated heterocycles. The molecule has 1 rings (SSSR count). The molecular weight excluding hydrogens is 333 g/mol. The van der Waals surface area contributed by atoms with Crippen molar-refractivity contribution in [3.8, 4) is 0 Å². The highest BCUT2D eigenvalue weighted by molar-refractivity contribution is 9.10. The minimum Gasteiger partial charge on any atom is -0.382 e. The molecule has 9 heteroatoms. The van der Waals surface area contributed by atoms with Crippen LogP contribution in [0.15, 0.2) is 27.6 Å². The number of nitrogens with zero attached hydrogens (tertiary/aromatic N) is 1. The maximum atomic E-state index is 12.0. The molecule has 0 aliphatic heterocycles. The van der Waals surface area contributed by atoms with Crippen LogP contribution in [0.1, 0.15) is 0 Å². The molecule has 1 amide bonds. The molecule has 1 aromatic rings. The normalized spacial score (nSPS) is 13.1. The van der Waals surface area contributed by atoms with Crippen molar-refractivity contribution in [2.75, 3.05) is 6.54 Å². The zero-order valence-electron chi connectivity index (χ0n) is 9.45. The van der Waals surface area contributed by atoms with E-state index in [1.807, 2.05) is 5.32 Å². The quantitative estimate of drug-likeness (QED) is 0.843. The summed E-state index contributed by atoms with van der Waals surface area (Å²) >= 11 is 3.09. The SMILES string of the molecule is O=C(Cn1cc(Br)ccc1=O)NCC(O)C(F)(F)F. The lowest BCUT2D eigenvalue weighted by atomic mass is 10.3. The third-order valence-electron chi connectivity index (χ3n) is 2.13. The van der Waals surface area contributed by atoms with Crippen LogP contribution in [0.4, 0.5) is 13.2 Å². The molecule has 1 heterocycles. The molecule has 0 bridgehead atoms. The topological polar surface area (TPSA) is 71.3 Å². The summed E-state index contributed by atoms with van der Waals surface area (Å²) in [4.78, 5) is 22.7. The Labute approximate surface area is 114 Å². The minimum absolute atomic E-state index is 0.428. The first-order valence-corrected chi connectivity index (χ1v) is 5.87. The van der Waals surface area contributed by atoms with Crippen molar-refractivity contribution in [3.05, 3.63) is 33.2 Å². The van der Waals surface area contributed by atoms with Crippen LogP contribution in [-0.2, 0) is 11.3 Å². The predicted molar refractivity (Wildman–Crippen MR) is 63.5 cm³/mol. The van der Waals surface area contributed by atoms with E-state index < -0.39 is 36.8 Å². The van der Waals surface area contributed by atoms with Crippen LogP contribution in [-0.4, -0.2) is 34.4 Å². The Morgan fingerprint density at radius 2 is 2.11 bits per heavy atom. The third-order valence-corrected chi connectivity index (χ3v) is 2.60. The summed E-state index contributed by atoms with van der Waals surface area (Å²) < 4.78 is 37.5. The van der Waals surface area contributed by atoms with Crippen LogP contribution in [0, 0.1) is 0 Å². The largest absolute Gasteiger partial charge is 0.416 e. The number of aromatic nitrogens is 1. The molecule has 5 nitrogen and oxygen atoms in total. The van der Waals surface area contributed by atoms with Gasteiger partial charge in [0.05, 0.1) is 6.54 Å². The van der Waals surface area contributed by atoms with Gasteiger partial charge in [-0.2, -0.15) is 13.2 Å². The Kier molecular flexibility index (Phi) is 5.12. The van der Waals surface area contributed by atoms with Gasteiger partial charge < -0.3 is 15.0 Å². The highest BCUT2D eigenvalue weighted by atomic mass is 79.9. The van der Waals surface area contributed by atoms with Gasteiger partial charge in [-0.15, -0.1) is 0 Å². The smallest absolute Gasteiger partial charge is 0.382 e. The average molecular weight is 343 g/mol. The van der Waals surface area contributed by atoms with Gasteiger partial charge >= 0.3 is 6.18 Å². The molecule has 0 fully saturated rings. The van der Waals surface area contributed by atoms with E-state index >= 15 is 0 Å². The van der Waals surface area contributed by atoms with Gasteiger partial charge in [0.25, 0.3) is 5.56 Å². The van der Waals surface area contributed by atoms with Crippen molar-refractivity contribution in [3.63, 3.8) is 0 Å². The first-order valence-electron chi connectivity index (χ1n) is 5.07. The van der Waals surface area contributed by atoms with Crippen LogP contribution < -0.4 is 10.9 Å². The molecule has 1 aromatic heterocycles. The van der Waals surface area contributed by atoms with E-state index in [4.69, 9.17) is 5.11 Å². The van der Waals surface area contributed by atoms with Crippen LogP contribution in [0.5, 0.6) is 0 Å². The van der Waals surface area contributed by atoms with E-state index in [9.17, 15) is 22.8 Å². The Bertz CT molecular complexity index is 515. The van der Waals surface area contributed by atoms with E-state index in [-0.39, 0.29) is 0 Å². The third kappa shape index (κ3) is 5.03. The van der Waals surface area contributed by atoms with Crippen LogP contribution >= 0.6 is 15.9 Å². The number of hydrogen-bond acceptors (Lipinski definition) is 3. The molecule has 0 aliphatic carbocycles. The molecule has 0 aromatic carbocycles. The number of nitrogens with one attached hydrogen (secondary N) is 1. The maximum absolute atomic E-state index is 12.0. The van der Waals surface area contributed by atoms with Gasteiger partial charge in [0, 0.05) is 16.7 Å². The molecule has 1 unspecified atom stereocenters. The van der Waals surface area contributed by atoms with Crippen molar-refractivity contribution in [2.24, 2.45) is 0 Å². The molecule has 0 radical (unpaired) electrons. The summed E-state index contributed by atoms with van der Waals surface area (Å²) in [6.07, 6.45) is -6.09. The van der Waals surface area contributed by atoms with E-state index in [0.29, 0.717) is 4.47 Å². The highest BCUT2D eigenvalue weighted by Gasteiger charge is 2.38. The number of hydrogen-bond donors (Lipinski definition) is 2. The standard InChI is InChI=1S/C10H10BrF3N2O3/c11-6-1-2-9(19)16(4-6)5-8(18)15-3-7(17)10(12,13)14/h1-2,4,7,17H,3,5H2,(H,15,18). The summed E-state index contributed by atoms with van der Waals surface area (Å²) in [5.41, 5.74) is -0.463. The average Bonchev–Trinajstić information content (AvgIpc) is 2.29. The number of halogens is 4. The summed E-state index contributed by atoms with van der Waals surface area (Å²) in [6.45, 7) is -1.38.